The number of nitrogens with zero attached hydrogens (tertiary/aromatic N) is 2. The third-order valence-corrected chi connectivity index (χ3v) is 2.85. The van der Waals surface area contributed by atoms with Gasteiger partial charge >= 0.3 is 5.97 Å². The van der Waals surface area contributed by atoms with Gasteiger partial charge in [-0.2, -0.15) is 0 Å². The fourth-order valence-electron chi connectivity index (χ4n) is 1.48. The van der Waals surface area contributed by atoms with E-state index in [-0.39, 0.29) is 11.5 Å². The molecule has 1 unspecified atom stereocenters. The normalized spacial score (nSPS) is 12.3. The number of benzene rings is 1. The smallest absolute Gasteiger partial charge is 0.335 e. The first kappa shape index (κ1) is 12.3. The van der Waals surface area contributed by atoms with Crippen molar-refractivity contribution in [2.24, 2.45) is 0 Å². The predicted octanol–water partition coefficient (Wildman–Crippen LogP) is 2.95. The fourth-order valence-corrected chi connectivity index (χ4v) is 1.48. The topological polar surface area (TPSA) is 76.2 Å². The molecule has 94 valence electrons. The molecule has 5 nitrogen and oxygen atoms in total. The number of carboxylic acid groups (broad SMARTS) is 1. The molecule has 0 aliphatic carbocycles. The van der Waals surface area contributed by atoms with Crippen LogP contribution in [0.1, 0.15) is 42.4 Å². The molecule has 0 bridgehead atoms. The quantitative estimate of drug-likeness (QED) is 0.897. The van der Waals surface area contributed by atoms with Gasteiger partial charge in [-0.15, -0.1) is 10.2 Å². The lowest BCUT2D eigenvalue weighted by atomic mass is 10.1. The van der Waals surface area contributed by atoms with E-state index < -0.39 is 5.97 Å². The highest BCUT2D eigenvalue weighted by Crippen LogP contribution is 2.23. The molecule has 2 aromatic rings. The molecular weight excluding hydrogens is 232 g/mol. The minimum Gasteiger partial charge on any atom is -0.478 e. The standard InChI is InChI=1S/C13H14N2O3/c1-3-8(2)11-14-15-12(18-11)9-4-6-10(7-5-9)13(16)17/h4-8H,3H2,1-2H3,(H,16,17). The van der Waals surface area contributed by atoms with Gasteiger partial charge in [-0.05, 0) is 30.7 Å². The van der Waals surface area contributed by atoms with E-state index in [0.29, 0.717) is 11.8 Å². The van der Waals surface area contributed by atoms with Crippen LogP contribution in [-0.4, -0.2) is 21.3 Å². The third kappa shape index (κ3) is 2.40. The monoisotopic (exact) mass is 246 g/mol. The zero-order chi connectivity index (χ0) is 13.1. The van der Waals surface area contributed by atoms with E-state index in [4.69, 9.17) is 9.52 Å². The van der Waals surface area contributed by atoms with Crippen molar-refractivity contribution in [2.75, 3.05) is 0 Å². The molecule has 18 heavy (non-hydrogen) atoms. The summed E-state index contributed by atoms with van der Waals surface area (Å²) in [6, 6.07) is 6.37. The predicted molar refractivity (Wildman–Crippen MR) is 65.4 cm³/mol. The van der Waals surface area contributed by atoms with E-state index in [0.717, 1.165) is 12.0 Å². The van der Waals surface area contributed by atoms with Crippen molar-refractivity contribution in [1.29, 1.82) is 0 Å². The van der Waals surface area contributed by atoms with E-state index in [1.807, 2.05) is 6.92 Å². The van der Waals surface area contributed by atoms with Gasteiger partial charge < -0.3 is 9.52 Å². The molecule has 1 aromatic carbocycles. The minimum atomic E-state index is -0.952. The number of aromatic carboxylic acids is 1. The van der Waals surface area contributed by atoms with Crippen molar-refractivity contribution < 1.29 is 14.3 Å². The van der Waals surface area contributed by atoms with Gasteiger partial charge in [0.15, 0.2) is 0 Å². The van der Waals surface area contributed by atoms with Crippen LogP contribution in [0.4, 0.5) is 0 Å². The minimum absolute atomic E-state index is 0.226. The van der Waals surface area contributed by atoms with E-state index >= 15 is 0 Å². The molecule has 1 N–H and O–H groups in total. The molecule has 0 saturated carbocycles. The SMILES string of the molecule is CCC(C)c1nnc(-c2ccc(C(=O)O)cc2)o1. The molecule has 0 aliphatic rings. The molecule has 0 saturated heterocycles. The van der Waals surface area contributed by atoms with Crippen LogP contribution in [0, 0.1) is 0 Å². The van der Waals surface area contributed by atoms with E-state index in [9.17, 15) is 4.79 Å². The summed E-state index contributed by atoms with van der Waals surface area (Å²) < 4.78 is 5.55. The molecule has 0 radical (unpaired) electrons. The Kier molecular flexibility index (Phi) is 3.41. The Morgan fingerprint density at radius 3 is 2.56 bits per heavy atom. The maximum atomic E-state index is 10.7. The summed E-state index contributed by atoms with van der Waals surface area (Å²) in [5, 5.41) is 16.8. The Bertz CT molecular complexity index is 546. The molecule has 1 aromatic heterocycles. The number of hydrogen-bond donors (Lipinski definition) is 1. The number of hydrogen-bond acceptors (Lipinski definition) is 4. The van der Waals surface area contributed by atoms with E-state index in [2.05, 4.69) is 17.1 Å². The highest BCUT2D eigenvalue weighted by Gasteiger charge is 2.13. The Labute approximate surface area is 104 Å². The molecule has 5 heteroatoms. The molecule has 0 fully saturated rings. The van der Waals surface area contributed by atoms with E-state index in [1.54, 1.807) is 12.1 Å². The summed E-state index contributed by atoms with van der Waals surface area (Å²) in [6.45, 7) is 4.07. The Balaban J connectivity index is 2.26. The van der Waals surface area contributed by atoms with Gasteiger partial charge in [0.2, 0.25) is 11.8 Å². The summed E-state index contributed by atoms with van der Waals surface area (Å²) >= 11 is 0. The average Bonchev–Trinajstić information content (AvgIpc) is 2.87. The molecule has 0 amide bonds. The second-order valence-corrected chi connectivity index (χ2v) is 4.14. The van der Waals surface area contributed by atoms with Gasteiger partial charge in [0, 0.05) is 11.5 Å². The molecule has 2 rings (SSSR count). The van der Waals surface area contributed by atoms with Crippen LogP contribution >= 0.6 is 0 Å². The van der Waals surface area contributed by atoms with Gasteiger partial charge in [-0.1, -0.05) is 13.8 Å². The Hall–Kier alpha value is -2.17. The second kappa shape index (κ2) is 5.00. The fraction of sp³-hybridized carbons (Fsp3) is 0.308. The van der Waals surface area contributed by atoms with Gasteiger partial charge in [0.05, 0.1) is 5.56 Å². The van der Waals surface area contributed by atoms with E-state index in [1.165, 1.54) is 12.1 Å². The van der Waals surface area contributed by atoms with Crippen molar-refractivity contribution in [1.82, 2.24) is 10.2 Å². The van der Waals surface area contributed by atoms with Crippen molar-refractivity contribution in [3.63, 3.8) is 0 Å². The van der Waals surface area contributed by atoms with Crippen molar-refractivity contribution in [3.05, 3.63) is 35.7 Å². The molecular formula is C13H14N2O3. The molecule has 1 atom stereocenters. The largest absolute Gasteiger partial charge is 0.478 e. The summed E-state index contributed by atoms with van der Waals surface area (Å²) in [4.78, 5) is 10.7. The van der Waals surface area contributed by atoms with Crippen molar-refractivity contribution >= 4 is 5.97 Å². The lowest BCUT2D eigenvalue weighted by molar-refractivity contribution is 0.0697. The number of rotatable bonds is 4. The van der Waals surface area contributed by atoms with Crippen LogP contribution in [0.2, 0.25) is 0 Å². The second-order valence-electron chi connectivity index (χ2n) is 4.14. The highest BCUT2D eigenvalue weighted by atomic mass is 16.4. The number of carbonyl (C=O) groups is 1. The van der Waals surface area contributed by atoms with Gasteiger partial charge in [0.25, 0.3) is 0 Å². The first-order valence-electron chi connectivity index (χ1n) is 5.79. The molecule has 0 spiro atoms. The number of carboxylic acids is 1. The lowest BCUT2D eigenvalue weighted by Crippen LogP contribution is -1.94. The highest BCUT2D eigenvalue weighted by molar-refractivity contribution is 5.88. The zero-order valence-electron chi connectivity index (χ0n) is 10.3. The maximum absolute atomic E-state index is 10.7. The van der Waals surface area contributed by atoms with Crippen LogP contribution in [0.5, 0.6) is 0 Å². The maximum Gasteiger partial charge on any atom is 0.335 e. The Morgan fingerprint density at radius 2 is 2.00 bits per heavy atom. The first-order valence-corrected chi connectivity index (χ1v) is 5.79. The van der Waals surface area contributed by atoms with Gasteiger partial charge in [0.1, 0.15) is 0 Å². The van der Waals surface area contributed by atoms with Crippen molar-refractivity contribution in [3.8, 4) is 11.5 Å². The zero-order valence-corrected chi connectivity index (χ0v) is 10.3. The van der Waals surface area contributed by atoms with Crippen LogP contribution in [-0.2, 0) is 0 Å². The Morgan fingerprint density at radius 1 is 1.33 bits per heavy atom. The van der Waals surface area contributed by atoms with Gasteiger partial charge in [-0.25, -0.2) is 4.79 Å². The van der Waals surface area contributed by atoms with Crippen LogP contribution in [0.15, 0.2) is 28.7 Å². The number of aromatic nitrogens is 2. The lowest BCUT2D eigenvalue weighted by Gasteiger charge is -2.00. The van der Waals surface area contributed by atoms with Crippen LogP contribution < -0.4 is 0 Å². The summed E-state index contributed by atoms with van der Waals surface area (Å²) in [5.41, 5.74) is 0.961. The summed E-state index contributed by atoms with van der Waals surface area (Å²) in [5.74, 6) is 0.300. The molecule has 0 aliphatic heterocycles. The average molecular weight is 246 g/mol. The van der Waals surface area contributed by atoms with Crippen LogP contribution in [0.25, 0.3) is 11.5 Å². The summed E-state index contributed by atoms with van der Waals surface area (Å²) in [7, 11) is 0. The van der Waals surface area contributed by atoms with Crippen molar-refractivity contribution in [2.45, 2.75) is 26.2 Å². The molecule has 1 heterocycles. The van der Waals surface area contributed by atoms with Gasteiger partial charge in [-0.3, -0.25) is 0 Å². The first-order chi connectivity index (χ1) is 8.61. The van der Waals surface area contributed by atoms with Crippen LogP contribution in [0.3, 0.4) is 0 Å². The third-order valence-electron chi connectivity index (χ3n) is 2.85. The summed E-state index contributed by atoms with van der Waals surface area (Å²) in [6.07, 6.45) is 0.930.